The van der Waals surface area contributed by atoms with Gasteiger partial charge in [-0.1, -0.05) is 34.6 Å². The Morgan fingerprint density at radius 2 is 1.77 bits per heavy atom. The summed E-state index contributed by atoms with van der Waals surface area (Å²) in [6.45, 7) is 11.0. The summed E-state index contributed by atoms with van der Waals surface area (Å²) in [6.07, 6.45) is 2.67. The second-order valence-electron chi connectivity index (χ2n) is 9.46. The maximum atomic E-state index is 13.1. The van der Waals surface area contributed by atoms with Crippen molar-refractivity contribution in [3.05, 3.63) is 41.5 Å². The van der Waals surface area contributed by atoms with Crippen LogP contribution in [0.4, 0.5) is 0 Å². The van der Waals surface area contributed by atoms with Gasteiger partial charge in [-0.05, 0) is 42.9 Å². The molecule has 35 heavy (non-hydrogen) atoms. The van der Waals surface area contributed by atoms with Crippen molar-refractivity contribution >= 4 is 23.8 Å². The molecular formula is C25H36ClN5O4. The zero-order valence-corrected chi connectivity index (χ0v) is 22.1. The minimum absolute atomic E-state index is 0. The molecule has 0 aliphatic carbocycles. The van der Waals surface area contributed by atoms with Crippen molar-refractivity contribution in [2.24, 2.45) is 5.41 Å². The van der Waals surface area contributed by atoms with Crippen LogP contribution in [0.15, 0.2) is 30.3 Å². The molecule has 9 nitrogen and oxygen atoms in total. The number of nitrogens with zero attached hydrogens (tertiary/aromatic N) is 4. The van der Waals surface area contributed by atoms with Gasteiger partial charge in [0.15, 0.2) is 11.4 Å². The predicted octanol–water partition coefficient (Wildman–Crippen LogP) is 4.71. The Hall–Kier alpha value is -3.07. The van der Waals surface area contributed by atoms with Crippen LogP contribution in [-0.2, 0) is 6.54 Å². The fraction of sp³-hybridized carbons (Fsp3) is 0.520. The van der Waals surface area contributed by atoms with E-state index in [-0.39, 0.29) is 41.9 Å². The van der Waals surface area contributed by atoms with Crippen LogP contribution in [0.2, 0.25) is 0 Å². The topological polar surface area (TPSA) is 104 Å². The standard InChI is InChI=1S/C25H35N5O4.ClH/c1-7-18(8-2)34-23-10-9-22-27-29(24(26)30(22)28-23)16-21(31)17-13-19(32-6)15-20(14-17)33-12-11-25(3,4)5;/h9-10,13-15,18,26H,7-8,11-12,16H2,1-6H3;1H. The lowest BCUT2D eigenvalue weighted by molar-refractivity contribution is 0.0964. The highest BCUT2D eigenvalue weighted by atomic mass is 35.5. The van der Waals surface area contributed by atoms with Crippen LogP contribution in [0.3, 0.4) is 0 Å². The van der Waals surface area contributed by atoms with Gasteiger partial charge >= 0.3 is 0 Å². The fourth-order valence-electron chi connectivity index (χ4n) is 3.35. The molecule has 0 bridgehead atoms. The Balaban J connectivity index is 0.00000432. The number of ether oxygens (including phenoxy) is 3. The van der Waals surface area contributed by atoms with Crippen LogP contribution in [0.25, 0.3) is 5.65 Å². The Morgan fingerprint density at radius 1 is 1.09 bits per heavy atom. The van der Waals surface area contributed by atoms with Gasteiger partial charge in [0.1, 0.15) is 18.0 Å². The number of methoxy groups -OCH3 is 1. The summed E-state index contributed by atoms with van der Waals surface area (Å²) in [5.41, 5.74) is 1.03. The Labute approximate surface area is 212 Å². The highest BCUT2D eigenvalue weighted by Gasteiger charge is 2.16. The molecule has 0 saturated carbocycles. The lowest BCUT2D eigenvalue weighted by Crippen LogP contribution is -2.26. The quantitative estimate of drug-likeness (QED) is 0.378. The predicted molar refractivity (Wildman–Crippen MR) is 136 cm³/mol. The van der Waals surface area contributed by atoms with Crippen LogP contribution in [0.5, 0.6) is 17.4 Å². The second-order valence-corrected chi connectivity index (χ2v) is 9.46. The highest BCUT2D eigenvalue weighted by molar-refractivity contribution is 5.96. The van der Waals surface area contributed by atoms with E-state index in [4.69, 9.17) is 19.6 Å². The molecule has 0 spiro atoms. The average Bonchev–Trinajstić information content (AvgIpc) is 3.11. The van der Waals surface area contributed by atoms with Gasteiger partial charge in [0.2, 0.25) is 11.5 Å². The third-order valence-electron chi connectivity index (χ3n) is 5.51. The molecule has 2 aromatic heterocycles. The van der Waals surface area contributed by atoms with Gasteiger partial charge in [-0.2, -0.15) is 4.52 Å². The zero-order valence-electron chi connectivity index (χ0n) is 21.3. The van der Waals surface area contributed by atoms with E-state index in [1.807, 2.05) is 0 Å². The summed E-state index contributed by atoms with van der Waals surface area (Å²) in [4.78, 5) is 13.1. The van der Waals surface area contributed by atoms with Gasteiger partial charge in [-0.15, -0.1) is 22.6 Å². The molecule has 0 fully saturated rings. The number of rotatable bonds is 11. The normalized spacial score (nSPS) is 11.4. The maximum absolute atomic E-state index is 13.1. The van der Waals surface area contributed by atoms with Gasteiger partial charge in [-0.3, -0.25) is 10.2 Å². The molecule has 0 atom stereocenters. The molecule has 2 heterocycles. The number of Topliss-reactive ketones (excluding diaryl/α,β-unsaturated/α-hetero) is 1. The van der Waals surface area contributed by atoms with E-state index in [1.165, 1.54) is 9.20 Å². The highest BCUT2D eigenvalue weighted by Crippen LogP contribution is 2.25. The Kier molecular flexibility index (Phi) is 9.71. The van der Waals surface area contributed by atoms with Gasteiger partial charge in [0, 0.05) is 17.7 Å². The van der Waals surface area contributed by atoms with Crippen molar-refractivity contribution in [1.82, 2.24) is 19.4 Å². The lowest BCUT2D eigenvalue weighted by Gasteiger charge is -2.18. The number of hydrogen-bond acceptors (Lipinski definition) is 7. The van der Waals surface area contributed by atoms with Crippen LogP contribution >= 0.6 is 12.4 Å². The van der Waals surface area contributed by atoms with Gasteiger partial charge in [0.05, 0.1) is 19.8 Å². The summed E-state index contributed by atoms with van der Waals surface area (Å²) in [7, 11) is 1.55. The number of carbonyl (C=O) groups is 1. The number of fused-ring (bicyclic) bond motifs is 1. The molecule has 0 radical (unpaired) electrons. The van der Waals surface area contributed by atoms with Crippen LogP contribution in [0.1, 0.15) is 64.2 Å². The van der Waals surface area contributed by atoms with Crippen LogP contribution in [0, 0.1) is 10.8 Å². The fourth-order valence-corrected chi connectivity index (χ4v) is 3.35. The first-order valence-electron chi connectivity index (χ1n) is 11.7. The molecular weight excluding hydrogens is 470 g/mol. The number of carbonyl (C=O) groups excluding carboxylic acids is 1. The molecule has 0 amide bonds. The average molecular weight is 506 g/mol. The summed E-state index contributed by atoms with van der Waals surface area (Å²) < 4.78 is 19.8. The number of nitrogens with one attached hydrogen (secondary N) is 1. The van der Waals surface area contributed by atoms with E-state index in [0.717, 1.165) is 19.3 Å². The smallest absolute Gasteiger partial charge is 0.242 e. The van der Waals surface area contributed by atoms with Crippen molar-refractivity contribution in [3.63, 3.8) is 0 Å². The molecule has 0 aliphatic heterocycles. The number of ketones is 1. The largest absolute Gasteiger partial charge is 0.497 e. The first kappa shape index (κ1) is 28.2. The Morgan fingerprint density at radius 3 is 2.40 bits per heavy atom. The maximum Gasteiger partial charge on any atom is 0.242 e. The van der Waals surface area contributed by atoms with E-state index >= 15 is 0 Å². The SMILES string of the molecule is CCC(CC)Oc1ccc2nn(CC(=O)c3cc(OC)cc(OCCC(C)(C)C)c3)c(=N)n2n1.Cl. The minimum Gasteiger partial charge on any atom is -0.497 e. The number of aromatic nitrogens is 4. The second kappa shape index (κ2) is 12.1. The summed E-state index contributed by atoms with van der Waals surface area (Å²) in [5, 5.41) is 17.2. The number of halogens is 1. The molecule has 3 rings (SSSR count). The third kappa shape index (κ3) is 7.45. The summed E-state index contributed by atoms with van der Waals surface area (Å²) in [6, 6.07) is 8.59. The molecule has 0 unspecified atom stereocenters. The number of hydrogen-bond donors (Lipinski definition) is 1. The van der Waals surface area contributed by atoms with Crippen molar-refractivity contribution < 1.29 is 19.0 Å². The van der Waals surface area contributed by atoms with E-state index in [0.29, 0.717) is 35.2 Å². The molecule has 192 valence electrons. The van der Waals surface area contributed by atoms with E-state index in [1.54, 1.807) is 37.4 Å². The summed E-state index contributed by atoms with van der Waals surface area (Å²) in [5.74, 6) is 1.32. The molecule has 1 aromatic carbocycles. The first-order valence-corrected chi connectivity index (χ1v) is 11.7. The van der Waals surface area contributed by atoms with Gasteiger partial charge in [-0.25, -0.2) is 4.68 Å². The zero-order chi connectivity index (χ0) is 24.9. The molecule has 1 N–H and O–H groups in total. The van der Waals surface area contributed by atoms with Crippen molar-refractivity contribution in [1.29, 1.82) is 5.41 Å². The van der Waals surface area contributed by atoms with Gasteiger partial charge in [0.25, 0.3) is 0 Å². The molecule has 0 aliphatic rings. The third-order valence-corrected chi connectivity index (χ3v) is 5.51. The lowest BCUT2D eigenvalue weighted by atomic mass is 9.93. The van der Waals surface area contributed by atoms with Crippen molar-refractivity contribution in [2.45, 2.75) is 66.5 Å². The van der Waals surface area contributed by atoms with Crippen molar-refractivity contribution in [3.8, 4) is 17.4 Å². The van der Waals surface area contributed by atoms with E-state index in [2.05, 4.69) is 44.8 Å². The molecule has 10 heteroatoms. The van der Waals surface area contributed by atoms with Crippen molar-refractivity contribution in [2.75, 3.05) is 13.7 Å². The minimum atomic E-state index is -0.213. The summed E-state index contributed by atoms with van der Waals surface area (Å²) >= 11 is 0. The molecule has 3 aromatic rings. The van der Waals surface area contributed by atoms with Crippen LogP contribution in [-0.4, -0.2) is 45.0 Å². The monoisotopic (exact) mass is 505 g/mol. The molecule has 0 saturated heterocycles. The first-order chi connectivity index (χ1) is 16.1. The Bertz CT molecular complexity index is 1190. The van der Waals surface area contributed by atoms with E-state index < -0.39 is 0 Å². The number of benzene rings is 1. The van der Waals surface area contributed by atoms with E-state index in [9.17, 15) is 4.79 Å². The van der Waals surface area contributed by atoms with Crippen LogP contribution < -0.4 is 19.8 Å². The van der Waals surface area contributed by atoms with Gasteiger partial charge < -0.3 is 14.2 Å².